The maximum absolute atomic E-state index is 13.0. The lowest BCUT2D eigenvalue weighted by molar-refractivity contribution is -0.137. The Morgan fingerprint density at radius 1 is 1.17 bits per heavy atom. The molecule has 2 amide bonds. The predicted molar refractivity (Wildman–Crippen MR) is 98.4 cm³/mol. The van der Waals surface area contributed by atoms with E-state index in [1.54, 1.807) is 19.1 Å². The summed E-state index contributed by atoms with van der Waals surface area (Å²) < 4.78 is 49.6. The number of hydrogen-bond acceptors (Lipinski definition) is 4. The van der Waals surface area contributed by atoms with E-state index in [-0.39, 0.29) is 12.2 Å². The number of amides is 2. The van der Waals surface area contributed by atoms with Crippen molar-refractivity contribution >= 4 is 12.0 Å². The molecule has 2 aromatic carbocycles. The highest BCUT2D eigenvalue weighted by molar-refractivity contribution is 5.94. The zero-order valence-corrected chi connectivity index (χ0v) is 16.1. The summed E-state index contributed by atoms with van der Waals surface area (Å²) in [7, 11) is 0. The molecule has 3 rings (SSSR count). The molecular weight excluding hydrogens is 387 g/mol. The maximum atomic E-state index is 13.0. The molecule has 0 radical (unpaired) electrons. The zero-order valence-electron chi connectivity index (χ0n) is 16.1. The van der Waals surface area contributed by atoms with Crippen LogP contribution < -0.4 is 4.74 Å². The van der Waals surface area contributed by atoms with Gasteiger partial charge in [0.15, 0.2) is 6.61 Å². The van der Waals surface area contributed by atoms with Crippen molar-refractivity contribution in [1.29, 1.82) is 0 Å². The number of rotatable bonds is 4. The summed E-state index contributed by atoms with van der Waals surface area (Å²) in [5.74, 6) is -0.106. The van der Waals surface area contributed by atoms with Crippen LogP contribution in [0.25, 0.3) is 0 Å². The van der Waals surface area contributed by atoms with Crippen LogP contribution in [0.5, 0.6) is 5.75 Å². The van der Waals surface area contributed by atoms with E-state index >= 15 is 0 Å². The number of benzene rings is 2. The molecule has 0 aliphatic carbocycles. The molecule has 0 N–H and O–H groups in total. The number of alkyl halides is 3. The van der Waals surface area contributed by atoms with Crippen molar-refractivity contribution in [3.8, 4) is 5.75 Å². The third kappa shape index (κ3) is 4.21. The fourth-order valence-corrected chi connectivity index (χ4v) is 3.22. The number of imide groups is 1. The Hall–Kier alpha value is -3.03. The summed E-state index contributed by atoms with van der Waals surface area (Å²) in [5, 5.41) is 0. The second-order valence-corrected chi connectivity index (χ2v) is 6.92. The Labute approximate surface area is 166 Å². The quantitative estimate of drug-likeness (QED) is 0.730. The third-order valence-corrected chi connectivity index (χ3v) is 4.99. The van der Waals surface area contributed by atoms with Gasteiger partial charge in [0.05, 0.1) is 11.6 Å². The summed E-state index contributed by atoms with van der Waals surface area (Å²) >= 11 is 0. The van der Waals surface area contributed by atoms with Gasteiger partial charge in [-0.2, -0.15) is 13.2 Å². The SMILES string of the molecule is Cc1cccc(OCC(=O)N2C(=O)O[C@H](c3cccc(C(F)(F)F)c3)[C@@H]2C)c1C. The molecule has 8 heteroatoms. The molecule has 1 aliphatic heterocycles. The molecule has 1 aliphatic rings. The number of ether oxygens (including phenoxy) is 2. The Balaban J connectivity index is 1.74. The van der Waals surface area contributed by atoms with Gasteiger partial charge in [-0.25, -0.2) is 9.69 Å². The van der Waals surface area contributed by atoms with E-state index in [0.717, 1.165) is 28.2 Å². The molecule has 2 atom stereocenters. The maximum Gasteiger partial charge on any atom is 0.417 e. The molecule has 0 saturated carbocycles. The van der Waals surface area contributed by atoms with Gasteiger partial charge in [0, 0.05) is 0 Å². The van der Waals surface area contributed by atoms with E-state index < -0.39 is 35.9 Å². The molecule has 2 aromatic rings. The second kappa shape index (κ2) is 7.77. The number of nitrogens with zero attached hydrogens (tertiary/aromatic N) is 1. The minimum Gasteiger partial charge on any atom is -0.483 e. The molecule has 1 heterocycles. The number of carbonyl (C=O) groups is 2. The molecule has 29 heavy (non-hydrogen) atoms. The Morgan fingerprint density at radius 2 is 1.86 bits per heavy atom. The van der Waals surface area contributed by atoms with Gasteiger partial charge < -0.3 is 9.47 Å². The number of halogens is 3. The highest BCUT2D eigenvalue weighted by atomic mass is 19.4. The molecule has 1 saturated heterocycles. The molecular formula is C21H20F3NO4. The van der Waals surface area contributed by atoms with Crippen LogP contribution in [-0.2, 0) is 15.7 Å². The first-order valence-electron chi connectivity index (χ1n) is 8.98. The van der Waals surface area contributed by atoms with Crippen molar-refractivity contribution in [1.82, 2.24) is 4.90 Å². The van der Waals surface area contributed by atoms with E-state index in [2.05, 4.69) is 0 Å². The standard InChI is InChI=1S/C21H20F3NO4/c1-12-6-4-9-17(13(12)2)28-11-18(26)25-14(3)19(29-20(25)27)15-7-5-8-16(10-15)21(22,23)24/h4-10,14,19H,11H2,1-3H3/t14-,19-/m0/s1. The summed E-state index contributed by atoms with van der Waals surface area (Å²) in [4.78, 5) is 25.7. The lowest BCUT2D eigenvalue weighted by Gasteiger charge is -2.20. The van der Waals surface area contributed by atoms with E-state index in [4.69, 9.17) is 9.47 Å². The van der Waals surface area contributed by atoms with Crippen molar-refractivity contribution in [2.75, 3.05) is 6.61 Å². The Kier molecular flexibility index (Phi) is 5.55. The number of aryl methyl sites for hydroxylation is 1. The van der Waals surface area contributed by atoms with Crippen molar-refractivity contribution in [3.05, 3.63) is 64.7 Å². The fraction of sp³-hybridized carbons (Fsp3) is 0.333. The molecule has 0 aromatic heterocycles. The van der Waals surface area contributed by atoms with Crippen molar-refractivity contribution in [3.63, 3.8) is 0 Å². The first-order valence-corrected chi connectivity index (χ1v) is 8.98. The van der Waals surface area contributed by atoms with E-state index in [1.807, 2.05) is 19.9 Å². The lowest BCUT2D eigenvalue weighted by Crippen LogP contribution is -2.40. The fourth-order valence-electron chi connectivity index (χ4n) is 3.22. The van der Waals surface area contributed by atoms with Gasteiger partial charge in [-0.15, -0.1) is 0 Å². The van der Waals surface area contributed by atoms with Crippen molar-refractivity contribution < 1.29 is 32.2 Å². The summed E-state index contributed by atoms with van der Waals surface area (Å²) in [6.45, 7) is 4.92. The second-order valence-electron chi connectivity index (χ2n) is 6.92. The van der Waals surface area contributed by atoms with Crippen LogP contribution in [-0.4, -0.2) is 29.5 Å². The van der Waals surface area contributed by atoms with Crippen LogP contribution >= 0.6 is 0 Å². The summed E-state index contributed by atoms with van der Waals surface area (Å²) in [6, 6.07) is 9.17. The normalized spacial score (nSPS) is 19.2. The van der Waals surface area contributed by atoms with E-state index in [9.17, 15) is 22.8 Å². The number of hydrogen-bond donors (Lipinski definition) is 0. The van der Waals surface area contributed by atoms with Crippen LogP contribution in [0.2, 0.25) is 0 Å². The van der Waals surface area contributed by atoms with E-state index in [0.29, 0.717) is 5.75 Å². The van der Waals surface area contributed by atoms with Gasteiger partial charge >= 0.3 is 12.3 Å². The van der Waals surface area contributed by atoms with Gasteiger partial charge in [0.25, 0.3) is 5.91 Å². The highest BCUT2D eigenvalue weighted by Crippen LogP contribution is 2.36. The van der Waals surface area contributed by atoms with Crippen molar-refractivity contribution in [2.45, 2.75) is 39.1 Å². The highest BCUT2D eigenvalue weighted by Gasteiger charge is 2.44. The van der Waals surface area contributed by atoms with Crippen LogP contribution in [0.4, 0.5) is 18.0 Å². The zero-order chi connectivity index (χ0) is 21.3. The molecule has 0 unspecified atom stereocenters. The molecule has 0 spiro atoms. The minimum absolute atomic E-state index is 0.173. The van der Waals surface area contributed by atoms with Gasteiger partial charge in [0.2, 0.25) is 0 Å². The van der Waals surface area contributed by atoms with Crippen LogP contribution in [0.3, 0.4) is 0 Å². The van der Waals surface area contributed by atoms with Crippen LogP contribution in [0, 0.1) is 13.8 Å². The average molecular weight is 407 g/mol. The topological polar surface area (TPSA) is 55.8 Å². The Morgan fingerprint density at radius 3 is 2.55 bits per heavy atom. The summed E-state index contributed by atoms with van der Waals surface area (Å²) in [5.41, 5.74) is 1.19. The summed E-state index contributed by atoms with van der Waals surface area (Å²) in [6.07, 6.45) is -6.42. The first kappa shape index (κ1) is 20.7. The number of carbonyl (C=O) groups excluding carboxylic acids is 2. The predicted octanol–water partition coefficient (Wildman–Crippen LogP) is 4.81. The molecule has 0 bridgehead atoms. The monoisotopic (exact) mass is 407 g/mol. The largest absolute Gasteiger partial charge is 0.483 e. The van der Waals surface area contributed by atoms with Gasteiger partial charge in [-0.1, -0.05) is 24.3 Å². The van der Waals surface area contributed by atoms with E-state index in [1.165, 1.54) is 12.1 Å². The van der Waals surface area contributed by atoms with Gasteiger partial charge in [0.1, 0.15) is 11.9 Å². The van der Waals surface area contributed by atoms with Crippen molar-refractivity contribution in [2.24, 2.45) is 0 Å². The van der Waals surface area contributed by atoms with Gasteiger partial charge in [-0.05, 0) is 55.7 Å². The van der Waals surface area contributed by atoms with Crippen LogP contribution in [0.1, 0.15) is 35.3 Å². The minimum atomic E-state index is -4.52. The third-order valence-electron chi connectivity index (χ3n) is 4.99. The van der Waals surface area contributed by atoms with Crippen LogP contribution in [0.15, 0.2) is 42.5 Å². The average Bonchev–Trinajstić information content (AvgIpc) is 2.96. The van der Waals surface area contributed by atoms with Gasteiger partial charge in [-0.3, -0.25) is 4.79 Å². The Bertz CT molecular complexity index is 942. The molecule has 5 nitrogen and oxygen atoms in total. The molecule has 1 fully saturated rings. The number of cyclic esters (lactones) is 1. The lowest BCUT2D eigenvalue weighted by atomic mass is 10.0. The first-order chi connectivity index (χ1) is 13.6. The smallest absolute Gasteiger partial charge is 0.417 e. The molecule has 154 valence electrons.